The molecule has 1 N–H and O–H groups in total. The van der Waals surface area contributed by atoms with Gasteiger partial charge in [0.15, 0.2) is 0 Å². The highest BCUT2D eigenvalue weighted by atomic mass is 16.2. The molecule has 1 aromatic heterocycles. The molecule has 0 aliphatic carbocycles. The first kappa shape index (κ1) is 15.4. The minimum atomic E-state index is -0.0844. The van der Waals surface area contributed by atoms with E-state index in [0.29, 0.717) is 25.2 Å². The summed E-state index contributed by atoms with van der Waals surface area (Å²) in [5.74, 6) is 0.0365. The number of aromatic nitrogens is 2. The smallest absolute Gasteiger partial charge is 0.274 e. The van der Waals surface area contributed by atoms with Crippen LogP contribution < -0.4 is 5.32 Å². The highest BCUT2D eigenvalue weighted by molar-refractivity contribution is 5.92. The Bertz CT molecular complexity index is 470. The molecule has 0 spiro atoms. The third-order valence-electron chi connectivity index (χ3n) is 3.69. The first-order valence-electron chi connectivity index (χ1n) is 7.55. The fourth-order valence-corrected chi connectivity index (χ4v) is 2.44. The van der Waals surface area contributed by atoms with Gasteiger partial charge in [-0.3, -0.25) is 14.6 Å². The first-order valence-corrected chi connectivity index (χ1v) is 7.55. The molecular weight excluding hydrogens is 268 g/mol. The lowest BCUT2D eigenvalue weighted by Gasteiger charge is -2.32. The van der Waals surface area contributed by atoms with Gasteiger partial charge in [-0.15, -0.1) is 0 Å². The molecule has 2 amide bonds. The van der Waals surface area contributed by atoms with Gasteiger partial charge in [0.1, 0.15) is 5.69 Å². The lowest BCUT2D eigenvalue weighted by atomic mass is 10.0. The van der Waals surface area contributed by atoms with Crippen LogP contribution in [0.2, 0.25) is 0 Å². The summed E-state index contributed by atoms with van der Waals surface area (Å²) in [4.78, 5) is 33.6. The highest BCUT2D eigenvalue weighted by Gasteiger charge is 2.25. The van der Waals surface area contributed by atoms with Crippen LogP contribution in [-0.2, 0) is 4.79 Å². The number of carbonyl (C=O) groups is 2. The van der Waals surface area contributed by atoms with E-state index in [1.807, 2.05) is 0 Å². The van der Waals surface area contributed by atoms with Gasteiger partial charge in [-0.25, -0.2) is 4.98 Å². The zero-order valence-corrected chi connectivity index (χ0v) is 12.4. The molecule has 1 aliphatic heterocycles. The van der Waals surface area contributed by atoms with Crippen LogP contribution in [0.3, 0.4) is 0 Å². The predicted molar refractivity (Wildman–Crippen MR) is 78.6 cm³/mol. The van der Waals surface area contributed by atoms with Gasteiger partial charge in [-0.2, -0.15) is 0 Å². The fraction of sp³-hybridized carbons (Fsp3) is 0.600. The summed E-state index contributed by atoms with van der Waals surface area (Å²) in [6.45, 7) is 3.37. The molecule has 1 saturated heterocycles. The number of nitrogens with zero attached hydrogens (tertiary/aromatic N) is 3. The molecule has 1 aliphatic rings. The number of rotatable bonds is 5. The van der Waals surface area contributed by atoms with Crippen LogP contribution >= 0.6 is 0 Å². The van der Waals surface area contributed by atoms with Crippen LogP contribution in [0.25, 0.3) is 0 Å². The highest BCUT2D eigenvalue weighted by Crippen LogP contribution is 2.13. The standard InChI is InChI=1S/C15H22N4O2/c1-2-3-4-14(20)18-12-5-9-19(10-6-12)15(21)13-11-16-7-8-17-13/h7-8,11-12H,2-6,9-10H2,1H3,(H,18,20). The van der Waals surface area contributed by atoms with Crippen molar-refractivity contribution in [1.82, 2.24) is 20.2 Å². The van der Waals surface area contributed by atoms with Gasteiger partial charge in [-0.05, 0) is 19.3 Å². The molecule has 0 atom stereocenters. The van der Waals surface area contributed by atoms with E-state index < -0.39 is 0 Å². The van der Waals surface area contributed by atoms with Crippen molar-refractivity contribution in [2.45, 2.75) is 45.1 Å². The third kappa shape index (κ3) is 4.51. The zero-order valence-electron chi connectivity index (χ0n) is 12.4. The maximum absolute atomic E-state index is 12.2. The Balaban J connectivity index is 1.78. The molecule has 1 fully saturated rings. The van der Waals surface area contributed by atoms with Crippen LogP contribution in [0.15, 0.2) is 18.6 Å². The number of unbranched alkanes of at least 4 members (excludes halogenated alkanes) is 1. The Morgan fingerprint density at radius 2 is 2.10 bits per heavy atom. The van der Waals surface area contributed by atoms with Crippen molar-refractivity contribution in [2.75, 3.05) is 13.1 Å². The molecule has 2 rings (SSSR count). The molecule has 0 aromatic carbocycles. The Morgan fingerprint density at radius 1 is 1.33 bits per heavy atom. The van der Waals surface area contributed by atoms with E-state index in [1.165, 1.54) is 12.4 Å². The van der Waals surface area contributed by atoms with Crippen LogP contribution in [0, 0.1) is 0 Å². The van der Waals surface area contributed by atoms with Crippen LogP contribution in [0.1, 0.15) is 49.5 Å². The van der Waals surface area contributed by atoms with Gasteiger partial charge in [-0.1, -0.05) is 13.3 Å². The van der Waals surface area contributed by atoms with Crippen molar-refractivity contribution in [1.29, 1.82) is 0 Å². The summed E-state index contributed by atoms with van der Waals surface area (Å²) in [6.07, 6.45) is 8.70. The number of piperidine rings is 1. The number of nitrogens with one attached hydrogen (secondary N) is 1. The maximum Gasteiger partial charge on any atom is 0.274 e. The largest absolute Gasteiger partial charge is 0.353 e. The van der Waals surface area contributed by atoms with E-state index in [9.17, 15) is 9.59 Å². The second kappa shape index (κ2) is 7.71. The number of amides is 2. The molecule has 6 nitrogen and oxygen atoms in total. The normalized spacial score (nSPS) is 15.8. The molecule has 0 unspecified atom stereocenters. The average Bonchev–Trinajstić information content (AvgIpc) is 2.54. The SMILES string of the molecule is CCCCC(=O)NC1CCN(C(=O)c2cnccn2)CC1. The van der Waals surface area contributed by atoms with Crippen LogP contribution in [0.5, 0.6) is 0 Å². The molecule has 6 heteroatoms. The lowest BCUT2D eigenvalue weighted by molar-refractivity contribution is -0.122. The second-order valence-electron chi connectivity index (χ2n) is 5.33. The van der Waals surface area contributed by atoms with Gasteiger partial charge >= 0.3 is 0 Å². The number of hydrogen-bond donors (Lipinski definition) is 1. The molecular formula is C15H22N4O2. The molecule has 0 saturated carbocycles. The Hall–Kier alpha value is -1.98. The van der Waals surface area contributed by atoms with E-state index in [4.69, 9.17) is 0 Å². The monoisotopic (exact) mass is 290 g/mol. The quantitative estimate of drug-likeness (QED) is 0.889. The van der Waals surface area contributed by atoms with E-state index in [0.717, 1.165) is 25.7 Å². The molecule has 0 radical (unpaired) electrons. The Labute approximate surface area is 125 Å². The lowest BCUT2D eigenvalue weighted by Crippen LogP contribution is -2.46. The second-order valence-corrected chi connectivity index (χ2v) is 5.33. The van der Waals surface area contributed by atoms with Crippen molar-refractivity contribution in [3.05, 3.63) is 24.3 Å². The molecule has 0 bridgehead atoms. The van der Waals surface area contributed by atoms with Crippen molar-refractivity contribution in [2.24, 2.45) is 0 Å². The van der Waals surface area contributed by atoms with E-state index >= 15 is 0 Å². The minimum Gasteiger partial charge on any atom is -0.353 e. The molecule has 2 heterocycles. The Kier molecular flexibility index (Phi) is 5.66. The van der Waals surface area contributed by atoms with Gasteiger partial charge in [0.25, 0.3) is 5.91 Å². The first-order chi connectivity index (χ1) is 10.2. The summed E-state index contributed by atoms with van der Waals surface area (Å²) in [6, 6.07) is 0.181. The fourth-order valence-electron chi connectivity index (χ4n) is 2.44. The summed E-state index contributed by atoms with van der Waals surface area (Å²) >= 11 is 0. The minimum absolute atomic E-state index is 0.0844. The van der Waals surface area contributed by atoms with E-state index in [-0.39, 0.29) is 17.9 Å². The summed E-state index contributed by atoms with van der Waals surface area (Å²) in [7, 11) is 0. The van der Waals surface area contributed by atoms with Crippen LogP contribution in [-0.4, -0.2) is 45.8 Å². The molecule has 1 aromatic rings. The van der Waals surface area contributed by atoms with Crippen molar-refractivity contribution >= 4 is 11.8 Å². The van der Waals surface area contributed by atoms with Crippen molar-refractivity contribution in [3.8, 4) is 0 Å². The van der Waals surface area contributed by atoms with E-state index in [1.54, 1.807) is 11.1 Å². The predicted octanol–water partition coefficient (Wildman–Crippen LogP) is 1.39. The van der Waals surface area contributed by atoms with Gasteiger partial charge in [0, 0.05) is 37.9 Å². The average molecular weight is 290 g/mol. The van der Waals surface area contributed by atoms with E-state index in [2.05, 4.69) is 22.2 Å². The number of likely N-dealkylation sites (tertiary alicyclic amines) is 1. The summed E-state index contributed by atoms with van der Waals surface area (Å²) in [5, 5.41) is 3.05. The summed E-state index contributed by atoms with van der Waals surface area (Å²) in [5.41, 5.74) is 0.378. The van der Waals surface area contributed by atoms with Gasteiger partial charge in [0.05, 0.1) is 6.20 Å². The van der Waals surface area contributed by atoms with Crippen molar-refractivity contribution < 1.29 is 9.59 Å². The van der Waals surface area contributed by atoms with Gasteiger partial charge in [0.2, 0.25) is 5.91 Å². The summed E-state index contributed by atoms with van der Waals surface area (Å²) < 4.78 is 0. The third-order valence-corrected chi connectivity index (χ3v) is 3.69. The zero-order chi connectivity index (χ0) is 15.1. The molecule has 114 valence electrons. The van der Waals surface area contributed by atoms with Crippen LogP contribution in [0.4, 0.5) is 0 Å². The number of carbonyl (C=O) groups excluding carboxylic acids is 2. The van der Waals surface area contributed by atoms with Crippen molar-refractivity contribution in [3.63, 3.8) is 0 Å². The maximum atomic E-state index is 12.2. The molecule has 21 heavy (non-hydrogen) atoms. The number of hydrogen-bond acceptors (Lipinski definition) is 4. The Morgan fingerprint density at radius 3 is 2.71 bits per heavy atom. The van der Waals surface area contributed by atoms with Gasteiger partial charge < -0.3 is 10.2 Å². The topological polar surface area (TPSA) is 75.2 Å².